The maximum Gasteiger partial charge on any atom is 0.242 e. The number of amides is 1. The van der Waals surface area contributed by atoms with Gasteiger partial charge in [-0.3, -0.25) is 4.79 Å². The molecule has 0 atom stereocenters. The van der Waals surface area contributed by atoms with Crippen molar-refractivity contribution in [1.29, 1.82) is 0 Å². The van der Waals surface area contributed by atoms with Crippen LogP contribution in [0.3, 0.4) is 0 Å². The Balaban J connectivity index is 2.01. The summed E-state index contributed by atoms with van der Waals surface area (Å²) in [6, 6.07) is 0. The standard InChI is InChI=1S/C14H26N3O/c1-12(2)11-16-14(5-3-4-6-14)13(18)17-9-7-15-8-10-17/h12,16H,3-11H2,1-2H3. The first-order chi connectivity index (χ1) is 8.64. The second-order valence-corrected chi connectivity index (χ2v) is 6.03. The minimum Gasteiger partial charge on any atom is -0.338 e. The quantitative estimate of drug-likeness (QED) is 0.811. The van der Waals surface area contributed by atoms with Gasteiger partial charge in [0.05, 0.1) is 5.54 Å². The van der Waals surface area contributed by atoms with Crippen LogP contribution in [0.25, 0.3) is 0 Å². The summed E-state index contributed by atoms with van der Waals surface area (Å²) >= 11 is 0. The molecule has 4 nitrogen and oxygen atoms in total. The molecule has 0 aromatic rings. The first kappa shape index (κ1) is 13.8. The van der Waals surface area contributed by atoms with E-state index in [1.165, 1.54) is 12.8 Å². The molecular weight excluding hydrogens is 226 g/mol. The number of carbonyl (C=O) groups excluding carboxylic acids is 1. The Hall–Kier alpha value is -0.610. The summed E-state index contributed by atoms with van der Waals surface area (Å²) in [6.45, 7) is 8.57. The van der Waals surface area contributed by atoms with Crippen LogP contribution in [0.2, 0.25) is 0 Å². The molecule has 1 radical (unpaired) electrons. The van der Waals surface area contributed by atoms with Crippen LogP contribution in [0.4, 0.5) is 0 Å². The molecule has 18 heavy (non-hydrogen) atoms. The monoisotopic (exact) mass is 252 g/mol. The molecule has 1 saturated carbocycles. The van der Waals surface area contributed by atoms with Crippen LogP contribution in [0.5, 0.6) is 0 Å². The average Bonchev–Trinajstić information content (AvgIpc) is 2.86. The van der Waals surface area contributed by atoms with Crippen LogP contribution in [0.15, 0.2) is 0 Å². The lowest BCUT2D eigenvalue weighted by molar-refractivity contribution is -0.139. The van der Waals surface area contributed by atoms with E-state index in [1.807, 2.05) is 4.90 Å². The molecule has 0 aromatic heterocycles. The van der Waals surface area contributed by atoms with Crippen LogP contribution >= 0.6 is 0 Å². The Morgan fingerprint density at radius 1 is 1.28 bits per heavy atom. The third-order valence-corrected chi connectivity index (χ3v) is 4.06. The van der Waals surface area contributed by atoms with Gasteiger partial charge in [-0.05, 0) is 25.3 Å². The predicted octanol–water partition coefficient (Wildman–Crippen LogP) is 0.991. The van der Waals surface area contributed by atoms with E-state index in [-0.39, 0.29) is 5.54 Å². The average molecular weight is 252 g/mol. The first-order valence-electron chi connectivity index (χ1n) is 7.32. The highest BCUT2D eigenvalue weighted by atomic mass is 16.2. The van der Waals surface area contributed by atoms with E-state index in [1.54, 1.807) is 0 Å². The maximum atomic E-state index is 12.8. The molecule has 1 heterocycles. The van der Waals surface area contributed by atoms with Gasteiger partial charge in [-0.2, -0.15) is 0 Å². The number of hydrogen-bond acceptors (Lipinski definition) is 2. The number of carbonyl (C=O) groups is 1. The van der Waals surface area contributed by atoms with Gasteiger partial charge in [0.1, 0.15) is 0 Å². The van der Waals surface area contributed by atoms with Crippen LogP contribution in [-0.2, 0) is 4.79 Å². The van der Waals surface area contributed by atoms with Gasteiger partial charge in [-0.1, -0.05) is 26.7 Å². The number of rotatable bonds is 4. The lowest BCUT2D eigenvalue weighted by Crippen LogP contribution is -2.59. The first-order valence-corrected chi connectivity index (χ1v) is 7.32. The third kappa shape index (κ3) is 3.04. The number of nitrogens with one attached hydrogen (secondary N) is 1. The van der Waals surface area contributed by atoms with Crippen LogP contribution in [0, 0.1) is 5.92 Å². The van der Waals surface area contributed by atoms with E-state index >= 15 is 0 Å². The van der Waals surface area contributed by atoms with Crippen molar-refractivity contribution in [2.75, 3.05) is 32.7 Å². The summed E-state index contributed by atoms with van der Waals surface area (Å²) in [5.74, 6) is 0.919. The van der Waals surface area contributed by atoms with E-state index in [2.05, 4.69) is 24.5 Å². The molecule has 0 spiro atoms. The molecule has 1 amide bonds. The lowest BCUT2D eigenvalue weighted by atomic mass is 9.94. The molecular formula is C14H26N3O. The van der Waals surface area contributed by atoms with Crippen molar-refractivity contribution in [3.63, 3.8) is 0 Å². The number of piperazine rings is 1. The highest BCUT2D eigenvalue weighted by Crippen LogP contribution is 2.31. The molecule has 103 valence electrons. The largest absolute Gasteiger partial charge is 0.338 e. The summed E-state index contributed by atoms with van der Waals surface area (Å²) in [6.07, 6.45) is 4.36. The van der Waals surface area contributed by atoms with Gasteiger partial charge in [0.15, 0.2) is 0 Å². The fourth-order valence-corrected chi connectivity index (χ4v) is 2.96. The minimum atomic E-state index is -0.262. The summed E-state index contributed by atoms with van der Waals surface area (Å²) in [5.41, 5.74) is -0.262. The van der Waals surface area contributed by atoms with Crippen molar-refractivity contribution in [1.82, 2.24) is 15.5 Å². The molecule has 2 rings (SSSR count). The molecule has 0 unspecified atom stereocenters. The molecule has 0 aromatic carbocycles. The van der Waals surface area contributed by atoms with Gasteiger partial charge < -0.3 is 10.2 Å². The number of nitrogens with zero attached hydrogens (tertiary/aromatic N) is 2. The molecule has 1 aliphatic carbocycles. The summed E-state index contributed by atoms with van der Waals surface area (Å²) < 4.78 is 0. The number of hydrogen-bond donors (Lipinski definition) is 1. The molecule has 2 fully saturated rings. The van der Waals surface area contributed by atoms with Crippen molar-refractivity contribution in [2.24, 2.45) is 5.92 Å². The topological polar surface area (TPSA) is 46.4 Å². The smallest absolute Gasteiger partial charge is 0.242 e. The summed E-state index contributed by atoms with van der Waals surface area (Å²) in [4.78, 5) is 14.8. The predicted molar refractivity (Wildman–Crippen MR) is 72.5 cm³/mol. The molecule has 2 aliphatic rings. The SMILES string of the molecule is CC(C)CNC1(C(=O)N2CC[N]CC2)CCCC1. The molecule has 1 aliphatic heterocycles. The summed E-state index contributed by atoms with van der Waals surface area (Å²) in [7, 11) is 0. The zero-order chi connectivity index (χ0) is 13.0. The van der Waals surface area contributed by atoms with E-state index < -0.39 is 0 Å². The Morgan fingerprint density at radius 3 is 2.44 bits per heavy atom. The molecule has 1 N–H and O–H groups in total. The third-order valence-electron chi connectivity index (χ3n) is 4.06. The van der Waals surface area contributed by atoms with Gasteiger partial charge in [0.25, 0.3) is 0 Å². The van der Waals surface area contributed by atoms with Gasteiger partial charge in [-0.15, -0.1) is 0 Å². The Morgan fingerprint density at radius 2 is 1.89 bits per heavy atom. The van der Waals surface area contributed by atoms with Crippen molar-refractivity contribution < 1.29 is 4.79 Å². The van der Waals surface area contributed by atoms with Gasteiger partial charge >= 0.3 is 0 Å². The molecule has 0 bridgehead atoms. The second kappa shape index (κ2) is 6.02. The lowest BCUT2D eigenvalue weighted by Gasteiger charge is -2.37. The van der Waals surface area contributed by atoms with E-state index in [9.17, 15) is 4.79 Å². The zero-order valence-corrected chi connectivity index (χ0v) is 11.7. The van der Waals surface area contributed by atoms with Gasteiger partial charge in [0, 0.05) is 26.2 Å². The van der Waals surface area contributed by atoms with Crippen molar-refractivity contribution in [3.8, 4) is 0 Å². The van der Waals surface area contributed by atoms with Gasteiger partial charge in [0.2, 0.25) is 5.91 Å². The van der Waals surface area contributed by atoms with Gasteiger partial charge in [-0.25, -0.2) is 5.32 Å². The second-order valence-electron chi connectivity index (χ2n) is 6.03. The normalized spacial score (nSPS) is 23.6. The van der Waals surface area contributed by atoms with Crippen molar-refractivity contribution in [3.05, 3.63) is 0 Å². The molecule has 1 saturated heterocycles. The van der Waals surface area contributed by atoms with Crippen LogP contribution < -0.4 is 10.6 Å². The minimum absolute atomic E-state index is 0.262. The van der Waals surface area contributed by atoms with E-state index in [0.29, 0.717) is 11.8 Å². The zero-order valence-electron chi connectivity index (χ0n) is 11.7. The highest BCUT2D eigenvalue weighted by molar-refractivity contribution is 5.87. The van der Waals surface area contributed by atoms with E-state index in [4.69, 9.17) is 0 Å². The maximum absolute atomic E-state index is 12.8. The fraction of sp³-hybridized carbons (Fsp3) is 0.929. The van der Waals surface area contributed by atoms with E-state index in [0.717, 1.165) is 45.6 Å². The summed E-state index contributed by atoms with van der Waals surface area (Å²) in [5, 5.41) is 7.89. The Bertz CT molecular complexity index is 279. The van der Waals surface area contributed by atoms with Crippen molar-refractivity contribution in [2.45, 2.75) is 45.1 Å². The Kier molecular flexibility index (Phi) is 4.62. The van der Waals surface area contributed by atoms with Crippen LogP contribution in [0.1, 0.15) is 39.5 Å². The highest BCUT2D eigenvalue weighted by Gasteiger charge is 2.43. The molecule has 4 heteroatoms. The van der Waals surface area contributed by atoms with Crippen molar-refractivity contribution >= 4 is 5.91 Å². The van der Waals surface area contributed by atoms with Crippen LogP contribution in [-0.4, -0.2) is 49.1 Å². The fourth-order valence-electron chi connectivity index (χ4n) is 2.96. The Labute approximate surface area is 110 Å².